The highest BCUT2D eigenvalue weighted by molar-refractivity contribution is 6.35. The molecule has 20 heavy (non-hydrogen) atoms. The number of benzene rings is 1. The van der Waals surface area contributed by atoms with Crippen molar-refractivity contribution in [3.63, 3.8) is 0 Å². The summed E-state index contributed by atoms with van der Waals surface area (Å²) in [5.74, 6) is -1.03. The van der Waals surface area contributed by atoms with Gasteiger partial charge in [-0.1, -0.05) is 43.5 Å². The first-order valence-electron chi connectivity index (χ1n) is 6.35. The van der Waals surface area contributed by atoms with Gasteiger partial charge in [0.15, 0.2) is 6.61 Å². The standard InChI is InChI=1S/C14H17Cl2NO3/c1-3-4-9(2)14(19)20-8-13(18)17-12-7-10(15)5-6-11(12)16/h5-7,9H,3-4,8H2,1-2H3,(H,17,18). The summed E-state index contributed by atoms with van der Waals surface area (Å²) >= 11 is 11.7. The molecule has 0 spiro atoms. The number of esters is 1. The van der Waals surface area contributed by atoms with Gasteiger partial charge in [-0.15, -0.1) is 0 Å². The SMILES string of the molecule is CCCC(C)C(=O)OCC(=O)Nc1cc(Cl)ccc1Cl. The van der Waals surface area contributed by atoms with Gasteiger partial charge in [0.25, 0.3) is 5.91 Å². The van der Waals surface area contributed by atoms with Gasteiger partial charge in [0, 0.05) is 5.02 Å². The molecule has 0 aliphatic heterocycles. The summed E-state index contributed by atoms with van der Waals surface area (Å²) < 4.78 is 4.93. The average Bonchev–Trinajstić information content (AvgIpc) is 2.40. The minimum Gasteiger partial charge on any atom is -0.455 e. The summed E-state index contributed by atoms with van der Waals surface area (Å²) in [6, 6.07) is 4.73. The number of carbonyl (C=O) groups is 2. The minimum atomic E-state index is -0.453. The Hall–Kier alpha value is -1.26. The van der Waals surface area contributed by atoms with Crippen molar-refractivity contribution in [2.24, 2.45) is 5.92 Å². The van der Waals surface area contributed by atoms with Crippen molar-refractivity contribution in [1.29, 1.82) is 0 Å². The van der Waals surface area contributed by atoms with E-state index in [4.69, 9.17) is 27.9 Å². The molecule has 0 aromatic heterocycles. The lowest BCUT2D eigenvalue weighted by molar-refractivity contribution is -0.151. The third-order valence-electron chi connectivity index (χ3n) is 2.67. The molecule has 0 fully saturated rings. The zero-order chi connectivity index (χ0) is 15.1. The normalized spacial score (nSPS) is 11.8. The van der Waals surface area contributed by atoms with Gasteiger partial charge < -0.3 is 10.1 Å². The zero-order valence-electron chi connectivity index (χ0n) is 11.4. The van der Waals surface area contributed by atoms with Gasteiger partial charge in [0.1, 0.15) is 0 Å². The highest BCUT2D eigenvalue weighted by Gasteiger charge is 2.15. The second kappa shape index (κ2) is 8.12. The number of nitrogens with one attached hydrogen (secondary N) is 1. The highest BCUT2D eigenvalue weighted by Crippen LogP contribution is 2.25. The van der Waals surface area contributed by atoms with Crippen molar-refractivity contribution in [1.82, 2.24) is 0 Å². The van der Waals surface area contributed by atoms with Crippen LogP contribution in [-0.4, -0.2) is 18.5 Å². The van der Waals surface area contributed by atoms with Gasteiger partial charge in [0.2, 0.25) is 0 Å². The molecule has 1 amide bonds. The monoisotopic (exact) mass is 317 g/mol. The first-order chi connectivity index (χ1) is 9.43. The predicted molar refractivity (Wildman–Crippen MR) is 80.1 cm³/mol. The summed E-state index contributed by atoms with van der Waals surface area (Å²) in [6.45, 7) is 3.42. The second-order valence-electron chi connectivity index (χ2n) is 4.47. The zero-order valence-corrected chi connectivity index (χ0v) is 12.9. The summed E-state index contributed by atoms with van der Waals surface area (Å²) in [7, 11) is 0. The number of halogens is 2. The van der Waals surface area contributed by atoms with Gasteiger partial charge in [-0.3, -0.25) is 9.59 Å². The van der Waals surface area contributed by atoms with Crippen LogP contribution in [0, 0.1) is 5.92 Å². The summed E-state index contributed by atoms with van der Waals surface area (Å²) in [6.07, 6.45) is 1.63. The fraction of sp³-hybridized carbons (Fsp3) is 0.429. The maximum atomic E-state index is 11.7. The molecule has 0 aliphatic rings. The summed E-state index contributed by atoms with van der Waals surface area (Å²) in [4.78, 5) is 23.2. The van der Waals surface area contributed by atoms with E-state index in [1.165, 1.54) is 6.07 Å². The smallest absolute Gasteiger partial charge is 0.309 e. The molecule has 6 heteroatoms. The van der Waals surface area contributed by atoms with Gasteiger partial charge in [0.05, 0.1) is 16.6 Å². The fourth-order valence-corrected chi connectivity index (χ4v) is 1.95. The molecule has 1 rings (SSSR count). The molecule has 1 unspecified atom stereocenters. The van der Waals surface area contributed by atoms with Crippen LogP contribution in [0.15, 0.2) is 18.2 Å². The molecule has 110 valence electrons. The van der Waals surface area contributed by atoms with Crippen LogP contribution in [0.3, 0.4) is 0 Å². The van der Waals surface area contributed by atoms with E-state index in [0.29, 0.717) is 15.7 Å². The number of amides is 1. The first-order valence-corrected chi connectivity index (χ1v) is 7.11. The third-order valence-corrected chi connectivity index (χ3v) is 3.24. The van der Waals surface area contributed by atoms with Gasteiger partial charge >= 0.3 is 5.97 Å². The summed E-state index contributed by atoms with van der Waals surface area (Å²) in [5.41, 5.74) is 0.391. The maximum Gasteiger partial charge on any atom is 0.309 e. The van der Waals surface area contributed by atoms with Crippen LogP contribution in [0.5, 0.6) is 0 Å². The largest absolute Gasteiger partial charge is 0.455 e. The summed E-state index contributed by atoms with van der Waals surface area (Å²) in [5, 5.41) is 3.37. The number of ether oxygens (including phenoxy) is 1. The van der Waals surface area contributed by atoms with Crippen LogP contribution in [0.25, 0.3) is 0 Å². The van der Waals surface area contributed by atoms with E-state index in [9.17, 15) is 9.59 Å². The lowest BCUT2D eigenvalue weighted by Gasteiger charge is -2.11. The Morgan fingerprint density at radius 2 is 2.05 bits per heavy atom. The molecule has 0 saturated heterocycles. The molecule has 0 saturated carbocycles. The molecular formula is C14H17Cl2NO3. The van der Waals surface area contributed by atoms with Crippen LogP contribution in [0.2, 0.25) is 10.0 Å². The van der Waals surface area contributed by atoms with E-state index in [1.807, 2.05) is 6.92 Å². The van der Waals surface area contributed by atoms with Crippen molar-refractivity contribution in [3.8, 4) is 0 Å². The minimum absolute atomic E-state index is 0.206. The molecule has 0 bridgehead atoms. The Bertz CT molecular complexity index is 491. The lowest BCUT2D eigenvalue weighted by Crippen LogP contribution is -2.23. The molecule has 4 nitrogen and oxygen atoms in total. The topological polar surface area (TPSA) is 55.4 Å². The van der Waals surface area contributed by atoms with Crippen molar-refractivity contribution in [2.75, 3.05) is 11.9 Å². The van der Waals surface area contributed by atoms with Crippen molar-refractivity contribution >= 4 is 40.8 Å². The molecule has 0 radical (unpaired) electrons. The van der Waals surface area contributed by atoms with Crippen molar-refractivity contribution in [2.45, 2.75) is 26.7 Å². The Labute approximate surface area is 128 Å². The Morgan fingerprint density at radius 3 is 2.70 bits per heavy atom. The number of hydrogen-bond donors (Lipinski definition) is 1. The van der Waals surface area contributed by atoms with Crippen molar-refractivity contribution in [3.05, 3.63) is 28.2 Å². The van der Waals surface area contributed by atoms with Crippen molar-refractivity contribution < 1.29 is 14.3 Å². The van der Waals surface area contributed by atoms with E-state index in [2.05, 4.69) is 5.32 Å². The van der Waals surface area contributed by atoms with Gasteiger partial charge in [-0.05, 0) is 24.6 Å². The lowest BCUT2D eigenvalue weighted by atomic mass is 10.1. The number of anilines is 1. The van der Waals surface area contributed by atoms with Gasteiger partial charge in [-0.25, -0.2) is 0 Å². The molecule has 1 N–H and O–H groups in total. The Kier molecular flexibility index (Phi) is 6.82. The number of carbonyl (C=O) groups excluding carboxylic acids is 2. The molecule has 0 aliphatic carbocycles. The first kappa shape index (κ1) is 16.8. The van der Waals surface area contributed by atoms with Crippen LogP contribution >= 0.6 is 23.2 Å². The molecule has 1 aromatic carbocycles. The third kappa shape index (κ3) is 5.39. The van der Waals surface area contributed by atoms with E-state index in [0.717, 1.165) is 12.8 Å². The quantitative estimate of drug-likeness (QED) is 0.809. The number of hydrogen-bond acceptors (Lipinski definition) is 3. The molecule has 1 aromatic rings. The second-order valence-corrected chi connectivity index (χ2v) is 5.31. The molecular weight excluding hydrogens is 301 g/mol. The highest BCUT2D eigenvalue weighted by atomic mass is 35.5. The van der Waals surface area contributed by atoms with E-state index < -0.39 is 5.91 Å². The van der Waals surface area contributed by atoms with Crippen LogP contribution < -0.4 is 5.32 Å². The van der Waals surface area contributed by atoms with E-state index >= 15 is 0 Å². The Morgan fingerprint density at radius 1 is 1.35 bits per heavy atom. The van der Waals surface area contributed by atoms with Gasteiger partial charge in [-0.2, -0.15) is 0 Å². The fourth-order valence-electron chi connectivity index (χ4n) is 1.61. The molecule has 0 heterocycles. The molecule has 1 atom stereocenters. The van der Waals surface area contributed by atoms with Crippen LogP contribution in [-0.2, 0) is 14.3 Å². The van der Waals surface area contributed by atoms with Crippen LogP contribution in [0.4, 0.5) is 5.69 Å². The predicted octanol–water partition coefficient (Wildman–Crippen LogP) is 3.91. The Balaban J connectivity index is 2.48. The average molecular weight is 318 g/mol. The van der Waals surface area contributed by atoms with E-state index in [-0.39, 0.29) is 18.5 Å². The number of rotatable bonds is 6. The maximum absolute atomic E-state index is 11.7. The van der Waals surface area contributed by atoms with Crippen LogP contribution in [0.1, 0.15) is 26.7 Å². The van der Waals surface area contributed by atoms with E-state index in [1.54, 1.807) is 19.1 Å².